The Kier molecular flexibility index (Phi) is 4.74. The number of nitrogens with zero attached hydrogens (tertiary/aromatic N) is 2. The molecule has 2 atom stereocenters. The van der Waals surface area contributed by atoms with Crippen molar-refractivity contribution in [2.75, 3.05) is 5.75 Å². The van der Waals surface area contributed by atoms with Crippen LogP contribution < -0.4 is 5.73 Å². The standard InChI is InChI=1S/C13H13N3O3S2.CH4/c1-6-8(21-5-15-6)3-2-7-4-20-12-9(14)11(17)16(12)10(7)13(18)19;/h2-3,5,9,12H,4,14H2,1H3,(H,18,19);1H4/b3-2-;/t9?,12-;/m1./s1. The van der Waals surface area contributed by atoms with Gasteiger partial charge in [0, 0.05) is 10.6 Å². The van der Waals surface area contributed by atoms with Crippen LogP contribution in [0.5, 0.6) is 0 Å². The number of carboxylic acids is 1. The zero-order valence-corrected chi connectivity index (χ0v) is 12.8. The predicted octanol–water partition coefficient (Wildman–Crippen LogP) is 1.68. The van der Waals surface area contributed by atoms with Gasteiger partial charge in [0.25, 0.3) is 0 Å². The average molecular weight is 339 g/mol. The minimum Gasteiger partial charge on any atom is -0.477 e. The van der Waals surface area contributed by atoms with Gasteiger partial charge in [0.2, 0.25) is 5.91 Å². The lowest BCUT2D eigenvalue weighted by molar-refractivity contribution is -0.147. The van der Waals surface area contributed by atoms with E-state index < -0.39 is 12.0 Å². The molecule has 3 heterocycles. The molecule has 0 spiro atoms. The lowest BCUT2D eigenvalue weighted by Crippen LogP contribution is -2.68. The van der Waals surface area contributed by atoms with E-state index in [9.17, 15) is 14.7 Å². The van der Waals surface area contributed by atoms with Gasteiger partial charge in [0.05, 0.1) is 11.2 Å². The lowest BCUT2D eigenvalue weighted by atomic mass is 10.0. The molecule has 1 aromatic rings. The van der Waals surface area contributed by atoms with Crippen molar-refractivity contribution < 1.29 is 14.7 Å². The molecule has 0 aliphatic carbocycles. The highest BCUT2D eigenvalue weighted by molar-refractivity contribution is 8.00. The van der Waals surface area contributed by atoms with Crippen LogP contribution in [0.4, 0.5) is 0 Å². The SMILES string of the molecule is C.Cc1ncsc1/C=C\C1=C(C(=O)O)N2C(=O)C(N)[C@H]2SC1. The van der Waals surface area contributed by atoms with Crippen LogP contribution in [0.25, 0.3) is 6.08 Å². The van der Waals surface area contributed by atoms with Gasteiger partial charge in [-0.3, -0.25) is 9.69 Å². The maximum absolute atomic E-state index is 11.8. The Labute approximate surface area is 136 Å². The molecular formula is C14H17N3O3S2. The van der Waals surface area contributed by atoms with Gasteiger partial charge in [-0.1, -0.05) is 13.5 Å². The van der Waals surface area contributed by atoms with Crippen molar-refractivity contribution in [2.24, 2.45) is 5.73 Å². The number of rotatable bonds is 3. The number of fused-ring (bicyclic) bond motifs is 1. The summed E-state index contributed by atoms with van der Waals surface area (Å²) in [7, 11) is 0. The van der Waals surface area contributed by atoms with E-state index in [1.807, 2.05) is 13.0 Å². The quantitative estimate of drug-likeness (QED) is 0.813. The maximum Gasteiger partial charge on any atom is 0.352 e. The molecule has 6 nitrogen and oxygen atoms in total. The number of hydrogen-bond donors (Lipinski definition) is 2. The Hall–Kier alpha value is -1.64. The minimum atomic E-state index is -1.10. The predicted molar refractivity (Wildman–Crippen MR) is 88.3 cm³/mol. The number of amides is 1. The third kappa shape index (κ3) is 2.57. The minimum absolute atomic E-state index is 0. The highest BCUT2D eigenvalue weighted by Gasteiger charge is 2.51. The molecule has 2 aliphatic rings. The first-order valence-electron chi connectivity index (χ1n) is 6.25. The van der Waals surface area contributed by atoms with Crippen molar-refractivity contribution >= 4 is 41.1 Å². The van der Waals surface area contributed by atoms with E-state index in [1.54, 1.807) is 11.6 Å². The Balaban J connectivity index is 0.00000176. The molecule has 1 saturated heterocycles. The Morgan fingerprint density at radius 3 is 2.86 bits per heavy atom. The molecule has 1 unspecified atom stereocenters. The van der Waals surface area contributed by atoms with Gasteiger partial charge in [0.1, 0.15) is 17.1 Å². The number of allylic oxidation sites excluding steroid dienone is 1. The van der Waals surface area contributed by atoms with E-state index in [-0.39, 0.29) is 24.4 Å². The van der Waals surface area contributed by atoms with Crippen LogP contribution in [0.3, 0.4) is 0 Å². The van der Waals surface area contributed by atoms with Crippen LogP contribution in [0.1, 0.15) is 18.0 Å². The van der Waals surface area contributed by atoms with Crippen molar-refractivity contribution in [1.82, 2.24) is 9.88 Å². The summed E-state index contributed by atoms with van der Waals surface area (Å²) in [6.45, 7) is 1.90. The van der Waals surface area contributed by atoms with Gasteiger partial charge in [-0.15, -0.1) is 23.1 Å². The third-order valence-electron chi connectivity index (χ3n) is 3.46. The number of aromatic nitrogens is 1. The molecule has 2 aliphatic heterocycles. The molecule has 3 rings (SSSR count). The first kappa shape index (κ1) is 16.7. The van der Waals surface area contributed by atoms with E-state index in [0.717, 1.165) is 10.6 Å². The fourth-order valence-corrected chi connectivity index (χ4v) is 4.27. The molecule has 1 fully saturated rings. The van der Waals surface area contributed by atoms with Crippen LogP contribution in [-0.4, -0.2) is 44.0 Å². The van der Waals surface area contributed by atoms with Crippen LogP contribution in [-0.2, 0) is 9.59 Å². The number of carboxylic acid groups (broad SMARTS) is 1. The Morgan fingerprint density at radius 1 is 1.55 bits per heavy atom. The number of β-lactam (4-membered cyclic amide) rings is 1. The van der Waals surface area contributed by atoms with E-state index in [4.69, 9.17) is 5.73 Å². The second kappa shape index (κ2) is 6.23. The highest BCUT2D eigenvalue weighted by atomic mass is 32.2. The van der Waals surface area contributed by atoms with Crippen molar-refractivity contribution in [3.8, 4) is 0 Å². The summed E-state index contributed by atoms with van der Waals surface area (Å²) >= 11 is 2.98. The largest absolute Gasteiger partial charge is 0.477 e. The third-order valence-corrected chi connectivity index (χ3v) is 5.68. The van der Waals surface area contributed by atoms with Crippen molar-refractivity contribution in [1.29, 1.82) is 0 Å². The summed E-state index contributed by atoms with van der Waals surface area (Å²) in [6, 6.07) is -0.598. The van der Waals surface area contributed by atoms with Crippen LogP contribution in [0.2, 0.25) is 0 Å². The molecule has 1 amide bonds. The fourth-order valence-electron chi connectivity index (χ4n) is 2.32. The summed E-state index contributed by atoms with van der Waals surface area (Å²) in [5, 5.41) is 9.14. The second-order valence-electron chi connectivity index (χ2n) is 4.75. The number of thiazole rings is 1. The number of thioether (sulfide) groups is 1. The zero-order valence-electron chi connectivity index (χ0n) is 11.1. The molecule has 118 valence electrons. The molecule has 8 heteroatoms. The maximum atomic E-state index is 11.8. The number of hydrogen-bond acceptors (Lipinski definition) is 6. The number of nitrogens with two attached hydrogens (primary N) is 1. The fraction of sp³-hybridized carbons (Fsp3) is 0.357. The number of aliphatic carboxylic acids is 1. The lowest BCUT2D eigenvalue weighted by Gasteiger charge is -2.47. The first-order chi connectivity index (χ1) is 10.0. The number of carbonyl (C=O) groups is 2. The Bertz CT molecular complexity index is 681. The molecular weight excluding hydrogens is 322 g/mol. The van der Waals surface area contributed by atoms with Crippen LogP contribution >= 0.6 is 23.1 Å². The topological polar surface area (TPSA) is 96.5 Å². The summed E-state index contributed by atoms with van der Waals surface area (Å²) in [5.41, 5.74) is 9.01. The smallest absolute Gasteiger partial charge is 0.352 e. The summed E-state index contributed by atoms with van der Waals surface area (Å²) in [5.74, 6) is -0.899. The molecule has 1 aromatic heterocycles. The summed E-state index contributed by atoms with van der Waals surface area (Å²) in [6.07, 6.45) is 3.60. The van der Waals surface area contributed by atoms with Gasteiger partial charge < -0.3 is 10.8 Å². The monoisotopic (exact) mass is 339 g/mol. The van der Waals surface area contributed by atoms with Crippen LogP contribution in [0, 0.1) is 6.92 Å². The number of carbonyl (C=O) groups excluding carboxylic acids is 1. The van der Waals surface area contributed by atoms with Gasteiger partial charge in [-0.2, -0.15) is 0 Å². The van der Waals surface area contributed by atoms with Gasteiger partial charge in [0.15, 0.2) is 0 Å². The summed E-state index contributed by atoms with van der Waals surface area (Å²) < 4.78 is 0. The zero-order chi connectivity index (χ0) is 15.1. The van der Waals surface area contributed by atoms with Crippen molar-refractivity contribution in [3.05, 3.63) is 33.4 Å². The normalized spacial score (nSPS) is 24.1. The Morgan fingerprint density at radius 2 is 2.27 bits per heavy atom. The van der Waals surface area contributed by atoms with E-state index in [1.165, 1.54) is 28.0 Å². The van der Waals surface area contributed by atoms with Gasteiger partial charge in [-0.05, 0) is 18.6 Å². The molecule has 0 saturated carbocycles. The number of aryl methyl sites for hydroxylation is 1. The molecule has 3 N–H and O–H groups in total. The first-order valence-corrected chi connectivity index (χ1v) is 8.18. The van der Waals surface area contributed by atoms with Crippen molar-refractivity contribution in [3.63, 3.8) is 0 Å². The van der Waals surface area contributed by atoms with E-state index in [0.29, 0.717) is 11.3 Å². The average Bonchev–Trinajstić information content (AvgIpc) is 2.88. The molecule has 0 aromatic carbocycles. The highest BCUT2D eigenvalue weighted by Crippen LogP contribution is 2.39. The van der Waals surface area contributed by atoms with Gasteiger partial charge in [-0.25, -0.2) is 9.78 Å². The molecule has 0 bridgehead atoms. The van der Waals surface area contributed by atoms with Crippen molar-refractivity contribution in [2.45, 2.75) is 25.8 Å². The second-order valence-corrected chi connectivity index (χ2v) is 6.74. The van der Waals surface area contributed by atoms with E-state index >= 15 is 0 Å². The van der Waals surface area contributed by atoms with Gasteiger partial charge >= 0.3 is 5.97 Å². The summed E-state index contributed by atoms with van der Waals surface area (Å²) in [4.78, 5) is 29.7. The van der Waals surface area contributed by atoms with Crippen LogP contribution in [0.15, 0.2) is 22.9 Å². The molecule has 22 heavy (non-hydrogen) atoms. The molecule has 0 radical (unpaired) electrons. The van der Waals surface area contributed by atoms with E-state index in [2.05, 4.69) is 4.98 Å².